The first-order valence-electron chi connectivity index (χ1n) is 7.54. The topological polar surface area (TPSA) is 71.8 Å². The highest BCUT2D eigenvalue weighted by molar-refractivity contribution is 6.21. The Hall–Kier alpha value is -3.18. The van der Waals surface area contributed by atoms with Gasteiger partial charge in [0.2, 0.25) is 0 Å². The molecule has 2 aromatic carbocycles. The highest BCUT2D eigenvalue weighted by Crippen LogP contribution is 2.31. The fraction of sp³-hybridized carbons (Fsp3) is 0.0526. The number of hydrogen-bond acceptors (Lipinski definition) is 5. The van der Waals surface area contributed by atoms with Gasteiger partial charge in [0.1, 0.15) is 0 Å². The molecule has 5 nitrogen and oxygen atoms in total. The van der Waals surface area contributed by atoms with E-state index in [9.17, 15) is 0 Å². The monoisotopic (exact) mass is 314 g/mol. The SMILES string of the molecule is CO.c1ccc2nc3c4cccnc4c4ncccc4c3nc2c1. The summed E-state index contributed by atoms with van der Waals surface area (Å²) in [5.41, 5.74) is 5.28. The summed E-state index contributed by atoms with van der Waals surface area (Å²) in [5.74, 6) is 0. The second-order valence-electron chi connectivity index (χ2n) is 5.21. The van der Waals surface area contributed by atoms with Crippen LogP contribution in [0.15, 0.2) is 60.9 Å². The van der Waals surface area contributed by atoms with Crippen LogP contribution >= 0.6 is 0 Å². The van der Waals surface area contributed by atoms with Crippen LogP contribution in [0.5, 0.6) is 0 Å². The standard InChI is InChI=1S/C18H10N4.CH4O/c1-2-8-14-13(7-1)21-17-11-5-3-9-19-15(11)16-12(18(17)22-14)6-4-10-20-16;1-2/h1-10H;2H,1H3. The molecule has 1 N–H and O–H groups in total. The third-order valence-corrected chi connectivity index (χ3v) is 3.92. The summed E-state index contributed by atoms with van der Waals surface area (Å²) in [6, 6.07) is 15.8. The van der Waals surface area contributed by atoms with Crippen molar-refractivity contribution in [3.8, 4) is 0 Å². The number of aliphatic hydroxyl groups excluding tert-OH is 1. The van der Waals surface area contributed by atoms with E-state index in [-0.39, 0.29) is 0 Å². The second-order valence-corrected chi connectivity index (χ2v) is 5.21. The first-order valence-corrected chi connectivity index (χ1v) is 7.54. The van der Waals surface area contributed by atoms with Gasteiger partial charge in [-0.1, -0.05) is 12.1 Å². The maximum Gasteiger partial charge on any atom is 0.0996 e. The predicted octanol–water partition coefficient (Wildman–Crippen LogP) is 3.49. The fourth-order valence-corrected chi connectivity index (χ4v) is 2.95. The normalized spacial score (nSPS) is 10.9. The number of rotatable bonds is 0. The lowest BCUT2D eigenvalue weighted by atomic mass is 10.1. The van der Waals surface area contributed by atoms with Crippen LogP contribution in [0.4, 0.5) is 0 Å². The molecule has 0 spiro atoms. The molecule has 0 aliphatic rings. The Morgan fingerprint density at radius 1 is 0.583 bits per heavy atom. The summed E-state index contributed by atoms with van der Waals surface area (Å²) < 4.78 is 0. The number of benzene rings is 2. The van der Waals surface area contributed by atoms with E-state index >= 15 is 0 Å². The average molecular weight is 314 g/mol. The minimum absolute atomic E-state index is 0.871. The molecule has 5 aromatic rings. The Balaban J connectivity index is 0.000000704. The zero-order valence-corrected chi connectivity index (χ0v) is 13.0. The molecule has 0 atom stereocenters. The lowest BCUT2D eigenvalue weighted by Crippen LogP contribution is -1.93. The van der Waals surface area contributed by atoms with Crippen molar-refractivity contribution in [3.63, 3.8) is 0 Å². The molecule has 0 aliphatic heterocycles. The molecule has 0 saturated carbocycles. The van der Waals surface area contributed by atoms with Crippen LogP contribution in [0, 0.1) is 0 Å². The van der Waals surface area contributed by atoms with Crippen LogP contribution in [0.2, 0.25) is 0 Å². The minimum Gasteiger partial charge on any atom is -0.400 e. The summed E-state index contributed by atoms with van der Waals surface area (Å²) in [5, 5.41) is 8.98. The lowest BCUT2D eigenvalue weighted by Gasteiger charge is -2.08. The van der Waals surface area contributed by atoms with Gasteiger partial charge in [0.05, 0.1) is 33.1 Å². The van der Waals surface area contributed by atoms with Crippen LogP contribution in [0.1, 0.15) is 0 Å². The van der Waals surface area contributed by atoms with Crippen LogP contribution in [-0.4, -0.2) is 32.2 Å². The Morgan fingerprint density at radius 2 is 1.04 bits per heavy atom. The maximum absolute atomic E-state index is 7.00. The summed E-state index contributed by atoms with van der Waals surface area (Å²) in [7, 11) is 1.00. The van der Waals surface area contributed by atoms with E-state index in [2.05, 4.69) is 9.97 Å². The molecule has 5 rings (SSSR count). The Kier molecular flexibility index (Phi) is 3.48. The van der Waals surface area contributed by atoms with Crippen molar-refractivity contribution >= 4 is 43.9 Å². The minimum atomic E-state index is 0.871. The molecule has 0 amide bonds. The zero-order valence-electron chi connectivity index (χ0n) is 13.0. The van der Waals surface area contributed by atoms with Gasteiger partial charge in [0.25, 0.3) is 0 Å². The molecule has 24 heavy (non-hydrogen) atoms. The summed E-state index contributed by atoms with van der Waals surface area (Å²) >= 11 is 0. The van der Waals surface area contributed by atoms with Gasteiger partial charge in [-0.05, 0) is 36.4 Å². The summed E-state index contributed by atoms with van der Waals surface area (Å²) in [6.07, 6.45) is 3.58. The van der Waals surface area contributed by atoms with E-state index in [1.165, 1.54) is 0 Å². The quantitative estimate of drug-likeness (QED) is 0.350. The Morgan fingerprint density at radius 3 is 1.50 bits per heavy atom. The van der Waals surface area contributed by atoms with E-state index in [1.54, 1.807) is 12.4 Å². The van der Waals surface area contributed by atoms with Gasteiger partial charge in [-0.15, -0.1) is 0 Å². The number of para-hydroxylation sites is 2. The highest BCUT2D eigenvalue weighted by Gasteiger charge is 2.12. The number of nitrogens with zero attached hydrogens (tertiary/aromatic N) is 4. The van der Waals surface area contributed by atoms with Crippen molar-refractivity contribution in [2.75, 3.05) is 7.11 Å². The number of hydrogen-bond donors (Lipinski definition) is 1. The van der Waals surface area contributed by atoms with Crippen molar-refractivity contribution in [2.24, 2.45) is 0 Å². The maximum atomic E-state index is 7.00. The number of aromatic nitrogens is 4. The first-order chi connectivity index (χ1) is 11.9. The van der Waals surface area contributed by atoms with Gasteiger partial charge in [0, 0.05) is 30.3 Å². The largest absolute Gasteiger partial charge is 0.400 e. The van der Waals surface area contributed by atoms with Gasteiger partial charge in [-0.3, -0.25) is 9.97 Å². The fourth-order valence-electron chi connectivity index (χ4n) is 2.95. The van der Waals surface area contributed by atoms with Gasteiger partial charge in [-0.2, -0.15) is 0 Å². The van der Waals surface area contributed by atoms with Gasteiger partial charge < -0.3 is 5.11 Å². The number of fused-ring (bicyclic) bond motifs is 7. The van der Waals surface area contributed by atoms with E-state index in [0.29, 0.717) is 0 Å². The average Bonchev–Trinajstić information content (AvgIpc) is 2.68. The molecule has 3 heterocycles. The molecular weight excluding hydrogens is 300 g/mol. The number of pyridine rings is 2. The number of aliphatic hydroxyl groups is 1. The molecular formula is C19H14N4O. The first kappa shape index (κ1) is 14.4. The lowest BCUT2D eigenvalue weighted by molar-refractivity contribution is 0.399. The van der Waals surface area contributed by atoms with Crippen molar-refractivity contribution in [1.82, 2.24) is 19.9 Å². The smallest absolute Gasteiger partial charge is 0.0996 e. The van der Waals surface area contributed by atoms with Gasteiger partial charge in [-0.25, -0.2) is 9.97 Å². The summed E-state index contributed by atoms with van der Waals surface area (Å²) in [4.78, 5) is 18.7. The molecule has 0 fully saturated rings. The predicted molar refractivity (Wildman–Crippen MR) is 95.8 cm³/mol. The van der Waals surface area contributed by atoms with Crippen molar-refractivity contribution in [2.45, 2.75) is 0 Å². The van der Waals surface area contributed by atoms with Crippen LogP contribution in [-0.2, 0) is 0 Å². The molecule has 0 bridgehead atoms. The molecule has 0 unspecified atom stereocenters. The molecule has 5 heteroatoms. The molecule has 0 radical (unpaired) electrons. The summed E-state index contributed by atoms with van der Waals surface area (Å²) in [6.45, 7) is 0. The third kappa shape index (κ3) is 2.06. The van der Waals surface area contributed by atoms with Gasteiger partial charge in [0.15, 0.2) is 0 Å². The highest BCUT2D eigenvalue weighted by atomic mass is 16.2. The van der Waals surface area contributed by atoms with Crippen molar-refractivity contribution in [3.05, 3.63) is 60.9 Å². The van der Waals surface area contributed by atoms with E-state index in [1.807, 2.05) is 48.5 Å². The van der Waals surface area contributed by atoms with E-state index in [0.717, 1.165) is 51.0 Å². The Bertz CT molecular complexity index is 1090. The molecule has 0 aliphatic carbocycles. The Labute approximate surface area is 137 Å². The van der Waals surface area contributed by atoms with Gasteiger partial charge >= 0.3 is 0 Å². The van der Waals surface area contributed by atoms with Crippen LogP contribution in [0.3, 0.4) is 0 Å². The van der Waals surface area contributed by atoms with E-state index in [4.69, 9.17) is 15.1 Å². The van der Waals surface area contributed by atoms with Crippen LogP contribution < -0.4 is 0 Å². The van der Waals surface area contributed by atoms with Crippen molar-refractivity contribution in [1.29, 1.82) is 0 Å². The van der Waals surface area contributed by atoms with E-state index < -0.39 is 0 Å². The molecule has 0 saturated heterocycles. The molecule has 116 valence electrons. The van der Waals surface area contributed by atoms with Crippen molar-refractivity contribution < 1.29 is 5.11 Å². The molecule has 3 aromatic heterocycles. The van der Waals surface area contributed by atoms with Crippen LogP contribution in [0.25, 0.3) is 43.9 Å². The zero-order chi connectivity index (χ0) is 16.5. The third-order valence-electron chi connectivity index (χ3n) is 3.92. The second kappa shape index (κ2) is 5.79.